The van der Waals surface area contributed by atoms with Gasteiger partial charge in [-0.1, -0.05) is 0 Å². The van der Waals surface area contributed by atoms with E-state index in [1.165, 1.54) is 10.6 Å². The van der Waals surface area contributed by atoms with Crippen LogP contribution in [0.1, 0.15) is 18.3 Å². The molecular formula is C12H23N5O. The molecule has 0 saturated heterocycles. The van der Waals surface area contributed by atoms with Crippen LogP contribution in [-0.4, -0.2) is 47.9 Å². The van der Waals surface area contributed by atoms with Crippen LogP contribution in [0, 0.1) is 6.92 Å². The second-order valence-electron chi connectivity index (χ2n) is 4.40. The first-order chi connectivity index (χ1) is 8.54. The molecule has 0 saturated carbocycles. The Bertz CT molecular complexity index is 386. The molecule has 0 aliphatic carbocycles. The highest BCUT2D eigenvalue weighted by Crippen LogP contribution is 2.02. The second-order valence-corrected chi connectivity index (χ2v) is 4.40. The van der Waals surface area contributed by atoms with E-state index >= 15 is 0 Å². The fraction of sp³-hybridized carbons (Fsp3) is 0.667. The minimum atomic E-state index is -0.0637. The Morgan fingerprint density at radius 1 is 1.44 bits per heavy atom. The fourth-order valence-corrected chi connectivity index (χ4v) is 1.65. The van der Waals surface area contributed by atoms with Gasteiger partial charge in [0.15, 0.2) is 0 Å². The number of aryl methyl sites for hydroxylation is 2. The number of hydrogen-bond donors (Lipinski definition) is 2. The highest BCUT2D eigenvalue weighted by atomic mass is 16.2. The quantitative estimate of drug-likeness (QED) is 0.729. The van der Waals surface area contributed by atoms with Gasteiger partial charge in [0.25, 0.3) is 0 Å². The van der Waals surface area contributed by atoms with Gasteiger partial charge in [-0.25, -0.2) is 4.79 Å². The number of rotatable bonds is 6. The van der Waals surface area contributed by atoms with Crippen molar-refractivity contribution in [3.05, 3.63) is 17.5 Å². The predicted molar refractivity (Wildman–Crippen MR) is 71.4 cm³/mol. The Labute approximate surface area is 108 Å². The summed E-state index contributed by atoms with van der Waals surface area (Å²) in [6, 6.07) is 2.01. The number of hydrogen-bond acceptors (Lipinski definition) is 3. The average Bonchev–Trinajstić information content (AvgIpc) is 2.68. The van der Waals surface area contributed by atoms with Gasteiger partial charge >= 0.3 is 6.03 Å². The molecule has 0 aliphatic heterocycles. The normalized spacial score (nSPS) is 10.4. The van der Waals surface area contributed by atoms with Crippen molar-refractivity contribution in [3.8, 4) is 0 Å². The van der Waals surface area contributed by atoms with Crippen molar-refractivity contribution in [1.82, 2.24) is 25.3 Å². The summed E-state index contributed by atoms with van der Waals surface area (Å²) in [6.07, 6.45) is 0. The molecule has 0 aliphatic rings. The Balaban J connectivity index is 2.23. The number of urea groups is 1. The first-order valence-electron chi connectivity index (χ1n) is 6.23. The minimum Gasteiger partial charge on any atom is -0.337 e. The van der Waals surface area contributed by atoms with Crippen molar-refractivity contribution >= 4 is 6.03 Å². The maximum absolute atomic E-state index is 11.3. The molecule has 0 atom stereocenters. The maximum Gasteiger partial charge on any atom is 0.316 e. The summed E-state index contributed by atoms with van der Waals surface area (Å²) in [5.74, 6) is 0. The van der Waals surface area contributed by atoms with Crippen molar-refractivity contribution in [2.75, 3.05) is 27.2 Å². The van der Waals surface area contributed by atoms with Crippen molar-refractivity contribution in [1.29, 1.82) is 0 Å². The molecule has 6 heteroatoms. The molecule has 1 heterocycles. The smallest absolute Gasteiger partial charge is 0.316 e. The van der Waals surface area contributed by atoms with Crippen LogP contribution in [0.3, 0.4) is 0 Å². The molecule has 2 amide bonds. The van der Waals surface area contributed by atoms with Crippen molar-refractivity contribution in [3.63, 3.8) is 0 Å². The Kier molecular flexibility index (Phi) is 5.64. The zero-order valence-corrected chi connectivity index (χ0v) is 11.7. The highest BCUT2D eigenvalue weighted by Gasteiger charge is 2.04. The molecule has 0 spiro atoms. The Hall–Kier alpha value is -1.56. The molecule has 6 nitrogen and oxygen atoms in total. The third kappa shape index (κ3) is 4.37. The first kappa shape index (κ1) is 14.5. The van der Waals surface area contributed by atoms with Crippen LogP contribution in [0.2, 0.25) is 0 Å². The van der Waals surface area contributed by atoms with E-state index in [4.69, 9.17) is 0 Å². The molecule has 102 valence electrons. The lowest BCUT2D eigenvalue weighted by Crippen LogP contribution is -2.38. The molecule has 1 aromatic heterocycles. The van der Waals surface area contributed by atoms with Crippen LogP contribution in [0.15, 0.2) is 6.07 Å². The summed E-state index contributed by atoms with van der Waals surface area (Å²) in [6.45, 7) is 7.08. The van der Waals surface area contributed by atoms with E-state index in [0.29, 0.717) is 6.54 Å². The van der Waals surface area contributed by atoms with E-state index in [2.05, 4.69) is 28.7 Å². The summed E-state index contributed by atoms with van der Waals surface area (Å²) in [5.41, 5.74) is 2.21. The van der Waals surface area contributed by atoms with E-state index < -0.39 is 0 Å². The number of carbonyl (C=O) groups excluding carboxylic acids is 1. The van der Waals surface area contributed by atoms with Gasteiger partial charge in [0.2, 0.25) is 0 Å². The van der Waals surface area contributed by atoms with Crippen molar-refractivity contribution < 1.29 is 4.79 Å². The van der Waals surface area contributed by atoms with Gasteiger partial charge in [-0.15, -0.1) is 0 Å². The molecule has 0 radical (unpaired) electrons. The minimum absolute atomic E-state index is 0.0637. The maximum atomic E-state index is 11.3. The van der Waals surface area contributed by atoms with E-state index in [0.717, 1.165) is 25.3 Å². The lowest BCUT2D eigenvalue weighted by molar-refractivity contribution is 0.217. The van der Waals surface area contributed by atoms with Crippen LogP contribution in [0.25, 0.3) is 0 Å². The van der Waals surface area contributed by atoms with Gasteiger partial charge in [-0.3, -0.25) is 4.68 Å². The lowest BCUT2D eigenvalue weighted by Gasteiger charge is -2.12. The molecule has 18 heavy (non-hydrogen) atoms. The van der Waals surface area contributed by atoms with Gasteiger partial charge < -0.3 is 15.5 Å². The van der Waals surface area contributed by atoms with E-state index in [1.807, 2.05) is 11.6 Å². The summed E-state index contributed by atoms with van der Waals surface area (Å²) < 4.78 is 1.99. The van der Waals surface area contributed by atoms with E-state index in [-0.39, 0.29) is 6.03 Å². The van der Waals surface area contributed by atoms with E-state index in [1.54, 1.807) is 14.1 Å². The number of amides is 2. The highest BCUT2D eigenvalue weighted by molar-refractivity contribution is 5.73. The molecule has 0 aromatic carbocycles. The topological polar surface area (TPSA) is 62.2 Å². The standard InChI is InChI=1S/C12H23N5O/c1-5-17-11(8-10(2)15-17)9-13-6-7-14-12(18)16(3)4/h8,13H,5-7,9H2,1-4H3,(H,14,18). The number of carbonyl (C=O) groups is 1. The largest absolute Gasteiger partial charge is 0.337 e. The zero-order valence-electron chi connectivity index (χ0n) is 11.7. The monoisotopic (exact) mass is 253 g/mol. The summed E-state index contributed by atoms with van der Waals surface area (Å²) >= 11 is 0. The van der Waals surface area contributed by atoms with Crippen LogP contribution >= 0.6 is 0 Å². The lowest BCUT2D eigenvalue weighted by atomic mass is 10.3. The predicted octanol–water partition coefficient (Wildman–Crippen LogP) is 0.572. The van der Waals surface area contributed by atoms with Crippen molar-refractivity contribution in [2.45, 2.75) is 26.9 Å². The van der Waals surface area contributed by atoms with Gasteiger partial charge in [0, 0.05) is 40.3 Å². The van der Waals surface area contributed by atoms with Gasteiger partial charge in [0.05, 0.1) is 11.4 Å². The zero-order chi connectivity index (χ0) is 13.5. The van der Waals surface area contributed by atoms with E-state index in [9.17, 15) is 4.79 Å². The van der Waals surface area contributed by atoms with Crippen LogP contribution in [0.5, 0.6) is 0 Å². The second kappa shape index (κ2) is 7.00. The van der Waals surface area contributed by atoms with Gasteiger partial charge in [-0.2, -0.15) is 5.10 Å². The Morgan fingerprint density at radius 3 is 2.78 bits per heavy atom. The average molecular weight is 253 g/mol. The van der Waals surface area contributed by atoms with Crippen LogP contribution in [-0.2, 0) is 13.1 Å². The first-order valence-corrected chi connectivity index (χ1v) is 6.23. The SMILES string of the molecule is CCn1nc(C)cc1CNCCNC(=O)N(C)C. The molecule has 0 unspecified atom stereocenters. The molecule has 2 N–H and O–H groups in total. The number of nitrogens with one attached hydrogen (secondary N) is 2. The number of nitrogens with zero attached hydrogens (tertiary/aromatic N) is 3. The summed E-state index contributed by atoms with van der Waals surface area (Å²) in [5, 5.41) is 10.5. The van der Waals surface area contributed by atoms with Crippen LogP contribution < -0.4 is 10.6 Å². The molecule has 1 aromatic rings. The van der Waals surface area contributed by atoms with Gasteiger partial charge in [-0.05, 0) is 19.9 Å². The molecule has 0 bridgehead atoms. The number of aromatic nitrogens is 2. The van der Waals surface area contributed by atoms with Crippen LogP contribution in [0.4, 0.5) is 4.79 Å². The summed E-state index contributed by atoms with van der Waals surface area (Å²) in [4.78, 5) is 12.8. The Morgan fingerprint density at radius 2 is 2.17 bits per heavy atom. The summed E-state index contributed by atoms with van der Waals surface area (Å²) in [7, 11) is 3.46. The molecular weight excluding hydrogens is 230 g/mol. The molecule has 0 fully saturated rings. The third-order valence-electron chi connectivity index (χ3n) is 2.58. The van der Waals surface area contributed by atoms with Crippen molar-refractivity contribution in [2.24, 2.45) is 0 Å². The van der Waals surface area contributed by atoms with Gasteiger partial charge in [0.1, 0.15) is 0 Å². The molecule has 1 rings (SSSR count). The third-order valence-corrected chi connectivity index (χ3v) is 2.58. The fourth-order valence-electron chi connectivity index (χ4n) is 1.65.